The van der Waals surface area contributed by atoms with Crippen LogP contribution in [0, 0.1) is 13.8 Å². The standard InChI is InChI=1S/C76H68B2N4S2/c1-45-37-61-67-63(39-45)81(47-21-13-11-14-22-47)69-51-25-17-19-27-65(51)83-71(69)77(67)57-43-58-60(44-59(57)79(61)49-29-31-53-55(41-49)75(7,8)35-33-73(53,3)4)80(50-30-32-54-56(42-50)76(9,10)36-34-74(54,5)6)62-38-46(2)40-64-68(62)78(58)72-70(52-26-18-20-28-66(52)84-72)82(64)48-23-15-12-16-24-48/h11-32,37-44H,33-36H2,1-10H3. The van der Waals surface area contributed by atoms with Gasteiger partial charge in [0.2, 0.25) is 0 Å². The average molecular weight is 1120 g/mol. The lowest BCUT2D eigenvalue weighted by Crippen LogP contribution is -2.64. The first kappa shape index (κ1) is 50.7. The number of para-hydroxylation sites is 2. The molecule has 4 aliphatic heterocycles. The second kappa shape index (κ2) is 17.4. The minimum absolute atomic E-state index is 0.0153. The van der Waals surface area contributed by atoms with Gasteiger partial charge in [-0.25, -0.2) is 0 Å². The van der Waals surface area contributed by atoms with Gasteiger partial charge in [0.05, 0.1) is 11.4 Å². The van der Waals surface area contributed by atoms with E-state index in [0.717, 1.165) is 12.8 Å². The van der Waals surface area contributed by atoms with Crippen LogP contribution in [0.3, 0.4) is 0 Å². The fraction of sp³-hybridized carbons (Fsp3) is 0.237. The van der Waals surface area contributed by atoms with Crippen molar-refractivity contribution in [1.82, 2.24) is 0 Å². The summed E-state index contributed by atoms with van der Waals surface area (Å²) in [6.45, 7) is 24.3. The summed E-state index contributed by atoms with van der Waals surface area (Å²) in [5.41, 5.74) is 29.0. The summed E-state index contributed by atoms with van der Waals surface area (Å²) in [5, 5.41) is 2.61. The first-order valence-corrected chi connectivity index (χ1v) is 32.2. The van der Waals surface area contributed by atoms with Crippen molar-refractivity contribution in [3.8, 4) is 0 Å². The van der Waals surface area contributed by atoms with Gasteiger partial charge in [-0.3, -0.25) is 0 Å². The Kier molecular flexibility index (Phi) is 10.5. The number of thiophene rings is 2. The number of hydrogen-bond donors (Lipinski definition) is 0. The second-order valence-electron chi connectivity index (χ2n) is 27.9. The number of rotatable bonds is 4. The van der Waals surface area contributed by atoms with Crippen LogP contribution < -0.4 is 51.0 Å². The molecular weight excluding hydrogens is 1050 g/mol. The number of nitrogens with zero attached hydrogens (tertiary/aromatic N) is 4. The molecule has 0 spiro atoms. The van der Waals surface area contributed by atoms with E-state index in [4.69, 9.17) is 0 Å². The predicted octanol–water partition coefficient (Wildman–Crippen LogP) is 17.6. The zero-order chi connectivity index (χ0) is 57.1. The molecule has 0 fully saturated rings. The third-order valence-electron chi connectivity index (χ3n) is 20.8. The van der Waals surface area contributed by atoms with E-state index in [2.05, 4.69) is 271 Å². The Morgan fingerprint density at radius 3 is 1.10 bits per heavy atom. The molecular formula is C76H68B2N4S2. The van der Waals surface area contributed by atoms with Crippen LogP contribution in [-0.4, -0.2) is 13.4 Å². The fourth-order valence-corrected chi connectivity index (χ4v) is 18.9. The number of hydrogen-bond acceptors (Lipinski definition) is 6. The molecule has 84 heavy (non-hydrogen) atoms. The van der Waals surface area contributed by atoms with E-state index in [0.29, 0.717) is 0 Å². The maximum absolute atomic E-state index is 2.74. The minimum atomic E-state index is -0.0436. The molecule has 0 amide bonds. The van der Waals surface area contributed by atoms with Gasteiger partial charge in [0.15, 0.2) is 0 Å². The first-order valence-electron chi connectivity index (χ1n) is 30.6. The van der Waals surface area contributed by atoms with Gasteiger partial charge in [0.25, 0.3) is 13.4 Å². The smallest absolute Gasteiger partial charge is 0.264 e. The van der Waals surface area contributed by atoms with E-state index in [1.165, 1.54) is 166 Å². The molecule has 6 aliphatic rings. The molecule has 0 radical (unpaired) electrons. The summed E-state index contributed by atoms with van der Waals surface area (Å²) in [5.74, 6) is 0. The lowest BCUT2D eigenvalue weighted by atomic mass is 9.32. The van der Waals surface area contributed by atoms with Crippen LogP contribution in [-0.2, 0) is 21.7 Å². The highest BCUT2D eigenvalue weighted by Crippen LogP contribution is 2.55. The van der Waals surface area contributed by atoms with E-state index < -0.39 is 0 Å². The zero-order valence-corrected chi connectivity index (χ0v) is 51.5. The molecule has 0 saturated heterocycles. The molecule has 4 nitrogen and oxygen atoms in total. The number of aryl methyl sites for hydroxylation is 2. The molecule has 17 rings (SSSR count). The van der Waals surface area contributed by atoms with Gasteiger partial charge < -0.3 is 19.6 Å². The summed E-state index contributed by atoms with van der Waals surface area (Å²) in [7, 11) is 0. The molecule has 0 bridgehead atoms. The van der Waals surface area contributed by atoms with Crippen LogP contribution in [0.25, 0.3) is 20.2 Å². The van der Waals surface area contributed by atoms with E-state index in [1.807, 2.05) is 22.7 Å². The summed E-state index contributed by atoms with van der Waals surface area (Å²) in [6.07, 6.45) is 4.65. The van der Waals surface area contributed by atoms with Crippen LogP contribution in [0.2, 0.25) is 0 Å². The normalized spacial score (nSPS) is 17.7. The Morgan fingerprint density at radius 2 is 0.690 bits per heavy atom. The average Bonchev–Trinajstić information content (AvgIpc) is 1.19. The van der Waals surface area contributed by atoms with Gasteiger partial charge in [-0.1, -0.05) is 146 Å². The molecule has 2 aliphatic carbocycles. The van der Waals surface area contributed by atoms with Gasteiger partial charge in [0.1, 0.15) is 0 Å². The summed E-state index contributed by atoms with van der Waals surface area (Å²) >= 11 is 3.98. The van der Waals surface area contributed by atoms with Crippen molar-refractivity contribution in [3.05, 3.63) is 215 Å². The summed E-state index contributed by atoms with van der Waals surface area (Å²) in [6, 6.07) is 71.3. The van der Waals surface area contributed by atoms with Gasteiger partial charge >= 0.3 is 0 Å². The van der Waals surface area contributed by atoms with Crippen LogP contribution in [0.5, 0.6) is 0 Å². The monoisotopic (exact) mass is 1120 g/mol. The van der Waals surface area contributed by atoms with Crippen molar-refractivity contribution in [3.63, 3.8) is 0 Å². The molecule has 9 aromatic carbocycles. The van der Waals surface area contributed by atoms with Gasteiger partial charge in [-0.2, -0.15) is 0 Å². The highest BCUT2D eigenvalue weighted by atomic mass is 32.1. The number of fused-ring (bicyclic) bond motifs is 14. The Morgan fingerprint density at radius 1 is 0.333 bits per heavy atom. The Bertz CT molecular complexity index is 4350. The molecule has 0 N–H and O–H groups in total. The topological polar surface area (TPSA) is 13.0 Å². The predicted molar refractivity (Wildman–Crippen MR) is 365 cm³/mol. The maximum atomic E-state index is 2.74. The van der Waals surface area contributed by atoms with E-state index >= 15 is 0 Å². The lowest BCUT2D eigenvalue weighted by molar-refractivity contribution is 0.332. The van der Waals surface area contributed by atoms with Crippen LogP contribution in [0.4, 0.5) is 68.2 Å². The van der Waals surface area contributed by atoms with Gasteiger partial charge in [0, 0.05) is 86.6 Å². The Hall–Kier alpha value is -7.77. The van der Waals surface area contributed by atoms with Crippen molar-refractivity contribution in [2.75, 3.05) is 19.6 Å². The van der Waals surface area contributed by atoms with Crippen LogP contribution in [0.15, 0.2) is 182 Å². The van der Waals surface area contributed by atoms with Crippen molar-refractivity contribution in [2.45, 2.75) is 117 Å². The number of benzene rings is 9. The van der Waals surface area contributed by atoms with Crippen molar-refractivity contribution in [1.29, 1.82) is 0 Å². The second-order valence-corrected chi connectivity index (χ2v) is 30.1. The molecule has 2 aromatic heterocycles. The van der Waals surface area contributed by atoms with Crippen molar-refractivity contribution < 1.29 is 0 Å². The SMILES string of the molecule is Cc1cc2c3c(c1)N(c1ccccc1)c1c(sc4ccccc14)B3c1cc3c(cc1N2c1ccc2c(c1)C(C)(C)CCC2(C)C)N(c1ccc2c(c1)C(C)(C)CCC2(C)C)c1cc(C)cc2c1B3c1sc3ccccc3c1N2c1ccccc1. The molecule has 0 unspecified atom stereocenters. The third-order valence-corrected chi connectivity index (χ3v) is 23.2. The molecule has 410 valence electrons. The maximum Gasteiger partial charge on any atom is 0.264 e. The van der Waals surface area contributed by atoms with E-state index in [1.54, 1.807) is 0 Å². The van der Waals surface area contributed by atoms with Crippen LogP contribution in [0.1, 0.15) is 114 Å². The molecule has 8 heteroatoms. The minimum Gasteiger partial charge on any atom is -0.311 e. The summed E-state index contributed by atoms with van der Waals surface area (Å²) in [4.78, 5) is 10.7. The van der Waals surface area contributed by atoms with Crippen molar-refractivity contribution in [2.24, 2.45) is 0 Å². The first-order chi connectivity index (χ1) is 40.5. The lowest BCUT2D eigenvalue weighted by Gasteiger charge is -2.47. The molecule has 11 aromatic rings. The van der Waals surface area contributed by atoms with E-state index in [9.17, 15) is 0 Å². The molecule has 6 heterocycles. The number of anilines is 12. The summed E-state index contributed by atoms with van der Waals surface area (Å²) < 4.78 is 5.44. The largest absolute Gasteiger partial charge is 0.311 e. The van der Waals surface area contributed by atoms with Gasteiger partial charge in [-0.05, 0) is 207 Å². The third kappa shape index (κ3) is 7.01. The van der Waals surface area contributed by atoms with Gasteiger partial charge in [-0.15, -0.1) is 22.7 Å². The Balaban J connectivity index is 1.02. The Labute approximate surface area is 504 Å². The fourth-order valence-electron chi connectivity index (χ4n) is 16.3. The zero-order valence-electron chi connectivity index (χ0n) is 49.9. The van der Waals surface area contributed by atoms with Crippen LogP contribution >= 0.6 is 22.7 Å². The highest BCUT2D eigenvalue weighted by Gasteiger charge is 2.51. The van der Waals surface area contributed by atoms with E-state index in [-0.39, 0.29) is 35.1 Å². The molecule has 0 saturated carbocycles. The molecule has 0 atom stereocenters. The highest BCUT2D eigenvalue weighted by molar-refractivity contribution is 7.35. The quantitative estimate of drug-likeness (QED) is 0.163. The van der Waals surface area contributed by atoms with Crippen molar-refractivity contribution >= 4 is 156 Å².